The Labute approximate surface area is 165 Å². The third-order valence-electron chi connectivity index (χ3n) is 5.19. The summed E-state index contributed by atoms with van der Waals surface area (Å²) in [6.07, 6.45) is 3.17. The molecule has 4 nitrogen and oxygen atoms in total. The average Bonchev–Trinajstić information content (AvgIpc) is 2.67. The molecular formula is C22H26ClNO3. The molecule has 0 saturated heterocycles. The van der Waals surface area contributed by atoms with E-state index in [0.717, 1.165) is 42.6 Å². The highest BCUT2D eigenvalue weighted by Gasteiger charge is 2.28. The van der Waals surface area contributed by atoms with Crippen LogP contribution in [-0.2, 0) is 4.79 Å². The minimum atomic E-state index is -0.675. The van der Waals surface area contributed by atoms with Crippen molar-refractivity contribution < 1.29 is 14.6 Å². The lowest BCUT2D eigenvalue weighted by Gasteiger charge is -2.31. The maximum absolute atomic E-state index is 11.2. The third-order valence-corrected chi connectivity index (χ3v) is 5.42. The van der Waals surface area contributed by atoms with Crippen molar-refractivity contribution in [1.82, 2.24) is 5.32 Å². The molecule has 1 aliphatic carbocycles. The summed E-state index contributed by atoms with van der Waals surface area (Å²) in [5.41, 5.74) is 2.24. The van der Waals surface area contributed by atoms with Crippen LogP contribution in [-0.4, -0.2) is 23.7 Å². The number of benzene rings is 2. The van der Waals surface area contributed by atoms with E-state index in [1.807, 2.05) is 37.3 Å². The lowest BCUT2D eigenvalue weighted by molar-refractivity contribution is -0.142. The first-order valence-electron chi connectivity index (χ1n) is 9.54. The molecule has 0 amide bonds. The monoisotopic (exact) mass is 387 g/mol. The number of nitrogens with one attached hydrogen (secondary N) is 1. The van der Waals surface area contributed by atoms with Crippen LogP contribution in [0.5, 0.6) is 5.75 Å². The number of ether oxygens (including phenoxy) is 1. The molecule has 0 aliphatic heterocycles. The second kappa shape index (κ2) is 9.25. The van der Waals surface area contributed by atoms with E-state index in [-0.39, 0.29) is 18.0 Å². The predicted molar refractivity (Wildman–Crippen MR) is 107 cm³/mol. The van der Waals surface area contributed by atoms with Crippen molar-refractivity contribution in [2.75, 3.05) is 6.61 Å². The van der Waals surface area contributed by atoms with Crippen molar-refractivity contribution in [1.29, 1.82) is 0 Å². The molecule has 2 N–H and O–H groups in total. The van der Waals surface area contributed by atoms with E-state index in [0.29, 0.717) is 11.6 Å². The highest BCUT2D eigenvalue weighted by atomic mass is 35.5. The van der Waals surface area contributed by atoms with Crippen molar-refractivity contribution in [3.8, 4) is 5.75 Å². The fraction of sp³-hybridized carbons (Fsp3) is 0.409. The van der Waals surface area contributed by atoms with Gasteiger partial charge in [0.2, 0.25) is 0 Å². The van der Waals surface area contributed by atoms with Gasteiger partial charge in [-0.2, -0.15) is 0 Å². The normalized spacial score (nSPS) is 20.8. The quantitative estimate of drug-likeness (QED) is 0.697. The van der Waals surface area contributed by atoms with E-state index in [1.165, 1.54) is 0 Å². The van der Waals surface area contributed by atoms with Gasteiger partial charge >= 0.3 is 5.97 Å². The Morgan fingerprint density at radius 3 is 2.44 bits per heavy atom. The van der Waals surface area contributed by atoms with Crippen LogP contribution in [0.15, 0.2) is 48.5 Å². The smallest absolute Gasteiger partial charge is 0.306 e. The maximum atomic E-state index is 11.2. The summed E-state index contributed by atoms with van der Waals surface area (Å²) in [5, 5.41) is 13.7. The van der Waals surface area contributed by atoms with Crippen LogP contribution in [0.25, 0.3) is 0 Å². The van der Waals surface area contributed by atoms with Crippen LogP contribution in [0.1, 0.15) is 49.8 Å². The summed E-state index contributed by atoms with van der Waals surface area (Å²) >= 11 is 6.23. The number of carboxylic acids is 1. The zero-order chi connectivity index (χ0) is 19.2. The molecule has 1 unspecified atom stereocenters. The summed E-state index contributed by atoms with van der Waals surface area (Å²) in [6.45, 7) is 2.61. The summed E-state index contributed by atoms with van der Waals surface area (Å²) in [7, 11) is 0. The fourth-order valence-electron chi connectivity index (χ4n) is 3.74. The molecule has 5 heteroatoms. The van der Waals surface area contributed by atoms with Gasteiger partial charge in [-0.15, -0.1) is 0 Å². The largest absolute Gasteiger partial charge is 0.494 e. The number of rotatable bonds is 7. The van der Waals surface area contributed by atoms with E-state index in [2.05, 4.69) is 23.5 Å². The van der Waals surface area contributed by atoms with Crippen LogP contribution < -0.4 is 10.1 Å². The van der Waals surface area contributed by atoms with Gasteiger partial charge in [0.25, 0.3) is 0 Å². The molecule has 1 fully saturated rings. The molecule has 1 saturated carbocycles. The van der Waals surface area contributed by atoms with E-state index in [4.69, 9.17) is 16.3 Å². The van der Waals surface area contributed by atoms with Crippen molar-refractivity contribution in [3.05, 3.63) is 64.7 Å². The molecule has 1 atom stereocenters. The maximum Gasteiger partial charge on any atom is 0.306 e. The SMILES string of the molecule is CCOc1ccc(C(NC2CCC(C(=O)O)CC2)c2cccc(Cl)c2)cc1. The second-order valence-electron chi connectivity index (χ2n) is 7.04. The number of aliphatic carboxylic acids is 1. The first-order valence-corrected chi connectivity index (χ1v) is 9.91. The minimum Gasteiger partial charge on any atom is -0.494 e. The van der Waals surface area contributed by atoms with Crippen LogP contribution in [0, 0.1) is 5.92 Å². The molecular weight excluding hydrogens is 362 g/mol. The van der Waals surface area contributed by atoms with Crippen LogP contribution in [0.2, 0.25) is 5.02 Å². The van der Waals surface area contributed by atoms with Gasteiger partial charge < -0.3 is 15.2 Å². The first kappa shape index (κ1) is 19.7. The Bertz CT molecular complexity index is 754. The molecule has 0 heterocycles. The van der Waals surface area contributed by atoms with Crippen molar-refractivity contribution in [3.63, 3.8) is 0 Å². The van der Waals surface area contributed by atoms with Crippen molar-refractivity contribution in [2.45, 2.75) is 44.7 Å². The van der Waals surface area contributed by atoms with Crippen LogP contribution in [0.3, 0.4) is 0 Å². The van der Waals surface area contributed by atoms with Crippen molar-refractivity contribution >= 4 is 17.6 Å². The molecule has 3 rings (SSSR count). The predicted octanol–water partition coefficient (Wildman–Crippen LogP) is 5.06. The molecule has 0 spiro atoms. The molecule has 144 valence electrons. The summed E-state index contributed by atoms with van der Waals surface area (Å²) in [6, 6.07) is 16.3. The van der Waals surface area contributed by atoms with Gasteiger partial charge in [-0.25, -0.2) is 0 Å². The molecule has 0 bridgehead atoms. The topological polar surface area (TPSA) is 58.6 Å². The number of hydrogen-bond acceptors (Lipinski definition) is 3. The molecule has 0 aromatic heterocycles. The van der Waals surface area contributed by atoms with Crippen LogP contribution >= 0.6 is 11.6 Å². The Kier molecular flexibility index (Phi) is 6.75. The lowest BCUT2D eigenvalue weighted by Crippen LogP contribution is -2.37. The number of carboxylic acid groups (broad SMARTS) is 1. The standard InChI is InChI=1S/C22H26ClNO3/c1-2-27-20-12-8-15(9-13-20)21(17-4-3-5-18(23)14-17)24-19-10-6-16(7-11-19)22(25)26/h3-5,8-9,12-14,16,19,21,24H,2,6-7,10-11H2,1H3,(H,25,26). The van der Waals surface area contributed by atoms with Gasteiger partial charge in [-0.3, -0.25) is 4.79 Å². The highest BCUT2D eigenvalue weighted by Crippen LogP contribution is 2.30. The van der Waals surface area contributed by atoms with Gasteiger partial charge in [0, 0.05) is 11.1 Å². The number of hydrogen-bond donors (Lipinski definition) is 2. The van der Waals surface area contributed by atoms with Gasteiger partial charge in [0.15, 0.2) is 0 Å². The van der Waals surface area contributed by atoms with Crippen molar-refractivity contribution in [2.24, 2.45) is 5.92 Å². The van der Waals surface area contributed by atoms with Gasteiger partial charge in [-0.05, 0) is 68.0 Å². The molecule has 2 aromatic carbocycles. The zero-order valence-electron chi connectivity index (χ0n) is 15.5. The number of carbonyl (C=O) groups is 1. The molecule has 1 aliphatic rings. The first-order chi connectivity index (χ1) is 13.1. The fourth-order valence-corrected chi connectivity index (χ4v) is 3.94. The highest BCUT2D eigenvalue weighted by molar-refractivity contribution is 6.30. The third kappa shape index (κ3) is 5.24. The summed E-state index contributed by atoms with van der Waals surface area (Å²) in [4.78, 5) is 11.2. The molecule has 27 heavy (non-hydrogen) atoms. The summed E-state index contributed by atoms with van der Waals surface area (Å²) in [5.74, 6) is -0.0300. The van der Waals surface area contributed by atoms with Gasteiger partial charge in [0.05, 0.1) is 18.6 Å². The second-order valence-corrected chi connectivity index (χ2v) is 7.48. The average molecular weight is 388 g/mol. The van der Waals surface area contributed by atoms with E-state index >= 15 is 0 Å². The molecule has 2 aromatic rings. The minimum absolute atomic E-state index is 0.00533. The van der Waals surface area contributed by atoms with Gasteiger partial charge in [0.1, 0.15) is 5.75 Å². The Hall–Kier alpha value is -2.04. The summed E-state index contributed by atoms with van der Waals surface area (Å²) < 4.78 is 5.55. The zero-order valence-corrected chi connectivity index (χ0v) is 16.3. The van der Waals surface area contributed by atoms with Gasteiger partial charge in [-0.1, -0.05) is 35.9 Å². The number of halogens is 1. The Morgan fingerprint density at radius 2 is 1.85 bits per heavy atom. The lowest BCUT2D eigenvalue weighted by atomic mass is 9.85. The van der Waals surface area contributed by atoms with E-state index in [1.54, 1.807) is 0 Å². The Balaban J connectivity index is 1.79. The van der Waals surface area contributed by atoms with Crippen LogP contribution in [0.4, 0.5) is 0 Å². The Morgan fingerprint density at radius 1 is 1.15 bits per heavy atom. The molecule has 0 radical (unpaired) electrons. The van der Waals surface area contributed by atoms with E-state index < -0.39 is 5.97 Å². The van der Waals surface area contributed by atoms with E-state index in [9.17, 15) is 9.90 Å².